The van der Waals surface area contributed by atoms with Crippen molar-refractivity contribution in [1.29, 1.82) is 0 Å². The zero-order valence-corrected chi connectivity index (χ0v) is 11.5. The number of benzene rings is 1. The third-order valence-electron chi connectivity index (χ3n) is 4.19. The van der Waals surface area contributed by atoms with E-state index in [1.807, 2.05) is 24.3 Å². The highest BCUT2D eigenvalue weighted by atomic mass is 16.2. The summed E-state index contributed by atoms with van der Waals surface area (Å²) < 4.78 is 0. The molecule has 0 radical (unpaired) electrons. The summed E-state index contributed by atoms with van der Waals surface area (Å²) in [5.41, 5.74) is 6.92. The molecule has 2 unspecified atom stereocenters. The summed E-state index contributed by atoms with van der Waals surface area (Å²) in [4.78, 5) is 37.3. The van der Waals surface area contributed by atoms with E-state index in [0.29, 0.717) is 13.0 Å². The molecule has 6 nitrogen and oxygen atoms in total. The molecule has 0 bridgehead atoms. The van der Waals surface area contributed by atoms with Crippen LogP contribution >= 0.6 is 0 Å². The molecule has 0 aliphatic carbocycles. The van der Waals surface area contributed by atoms with E-state index in [1.54, 1.807) is 0 Å². The molecular weight excluding hydrogens is 270 g/mol. The molecule has 110 valence electrons. The predicted molar refractivity (Wildman–Crippen MR) is 76.4 cm³/mol. The fourth-order valence-corrected chi connectivity index (χ4v) is 3.13. The quantitative estimate of drug-likeness (QED) is 0.852. The third-order valence-corrected chi connectivity index (χ3v) is 4.19. The van der Waals surface area contributed by atoms with Crippen LogP contribution in [0.1, 0.15) is 30.7 Å². The van der Waals surface area contributed by atoms with Crippen molar-refractivity contribution in [2.24, 2.45) is 5.73 Å². The maximum atomic E-state index is 12.4. The Morgan fingerprint density at radius 3 is 2.86 bits per heavy atom. The molecule has 0 saturated carbocycles. The Hall–Kier alpha value is -2.37. The third kappa shape index (κ3) is 2.37. The number of nitrogens with one attached hydrogen (secondary N) is 1. The average molecular weight is 287 g/mol. The van der Waals surface area contributed by atoms with Gasteiger partial charge in [0.05, 0.1) is 5.92 Å². The van der Waals surface area contributed by atoms with Crippen LogP contribution in [0.2, 0.25) is 0 Å². The Kier molecular flexibility index (Phi) is 3.37. The van der Waals surface area contributed by atoms with E-state index >= 15 is 0 Å². The number of anilines is 1. The second kappa shape index (κ2) is 5.20. The number of fused-ring (bicyclic) bond motifs is 1. The van der Waals surface area contributed by atoms with Crippen molar-refractivity contribution in [3.8, 4) is 0 Å². The standard InChI is InChI=1S/C15H17N3O3/c16-14(20)12-6-3-7-18(12)13(19)8-10-9-4-1-2-5-11(9)17-15(10)21/h1-2,4-5,10,12H,3,6-8H2,(H2,16,20)(H,17,21). The molecule has 1 fully saturated rings. The predicted octanol–water partition coefficient (Wildman–Crippen LogP) is 0.589. The van der Waals surface area contributed by atoms with Gasteiger partial charge in [-0.15, -0.1) is 0 Å². The second-order valence-electron chi connectivity index (χ2n) is 5.48. The van der Waals surface area contributed by atoms with Gasteiger partial charge in [-0.3, -0.25) is 14.4 Å². The van der Waals surface area contributed by atoms with Gasteiger partial charge in [0, 0.05) is 18.7 Å². The van der Waals surface area contributed by atoms with Gasteiger partial charge in [0.2, 0.25) is 17.7 Å². The van der Waals surface area contributed by atoms with E-state index in [1.165, 1.54) is 4.90 Å². The number of likely N-dealkylation sites (tertiary alicyclic amines) is 1. The average Bonchev–Trinajstić information content (AvgIpc) is 3.04. The van der Waals surface area contributed by atoms with Crippen LogP contribution in [0.5, 0.6) is 0 Å². The van der Waals surface area contributed by atoms with Gasteiger partial charge in [-0.2, -0.15) is 0 Å². The number of para-hydroxylation sites is 1. The molecular formula is C15H17N3O3. The van der Waals surface area contributed by atoms with Crippen molar-refractivity contribution in [2.75, 3.05) is 11.9 Å². The molecule has 3 amide bonds. The van der Waals surface area contributed by atoms with Gasteiger partial charge in [0.25, 0.3) is 0 Å². The van der Waals surface area contributed by atoms with Crippen molar-refractivity contribution in [2.45, 2.75) is 31.2 Å². The summed E-state index contributed by atoms with van der Waals surface area (Å²) in [6.07, 6.45) is 1.45. The molecule has 2 aliphatic rings. The monoisotopic (exact) mass is 287 g/mol. The van der Waals surface area contributed by atoms with Crippen LogP contribution in [0.4, 0.5) is 5.69 Å². The van der Waals surface area contributed by atoms with E-state index in [0.717, 1.165) is 17.7 Å². The van der Waals surface area contributed by atoms with E-state index in [-0.39, 0.29) is 18.2 Å². The first-order chi connectivity index (χ1) is 10.1. The molecule has 3 rings (SSSR count). The number of carbonyl (C=O) groups is 3. The summed E-state index contributed by atoms with van der Waals surface area (Å²) in [6.45, 7) is 0.530. The smallest absolute Gasteiger partial charge is 0.240 e. The van der Waals surface area contributed by atoms with Crippen molar-refractivity contribution in [3.05, 3.63) is 29.8 Å². The van der Waals surface area contributed by atoms with Gasteiger partial charge in [-0.25, -0.2) is 0 Å². The van der Waals surface area contributed by atoms with Crippen molar-refractivity contribution >= 4 is 23.4 Å². The number of nitrogens with two attached hydrogens (primary N) is 1. The zero-order valence-electron chi connectivity index (χ0n) is 11.5. The Bertz CT molecular complexity index is 614. The van der Waals surface area contributed by atoms with Crippen molar-refractivity contribution < 1.29 is 14.4 Å². The number of primary amides is 1. The van der Waals surface area contributed by atoms with Gasteiger partial charge >= 0.3 is 0 Å². The molecule has 0 spiro atoms. The van der Waals surface area contributed by atoms with E-state index < -0.39 is 17.9 Å². The molecule has 2 aliphatic heterocycles. The second-order valence-corrected chi connectivity index (χ2v) is 5.48. The maximum Gasteiger partial charge on any atom is 0.240 e. The fraction of sp³-hybridized carbons (Fsp3) is 0.400. The first-order valence-electron chi connectivity index (χ1n) is 7.06. The Labute approximate surface area is 122 Å². The lowest BCUT2D eigenvalue weighted by molar-refractivity contribution is -0.138. The number of hydrogen-bond donors (Lipinski definition) is 2. The lowest BCUT2D eigenvalue weighted by Crippen LogP contribution is -2.44. The van der Waals surface area contributed by atoms with Crippen molar-refractivity contribution in [1.82, 2.24) is 4.90 Å². The van der Waals surface area contributed by atoms with Crippen LogP contribution in [-0.4, -0.2) is 35.2 Å². The summed E-state index contributed by atoms with van der Waals surface area (Å²) in [5, 5.41) is 2.78. The summed E-state index contributed by atoms with van der Waals surface area (Å²) in [7, 11) is 0. The summed E-state index contributed by atoms with van der Waals surface area (Å²) >= 11 is 0. The molecule has 6 heteroatoms. The normalized spacial score (nSPS) is 23.8. The number of amides is 3. The van der Waals surface area contributed by atoms with Gasteiger partial charge in [-0.1, -0.05) is 18.2 Å². The number of rotatable bonds is 3. The first kappa shape index (κ1) is 13.6. The van der Waals surface area contributed by atoms with Crippen LogP contribution in [0.25, 0.3) is 0 Å². The van der Waals surface area contributed by atoms with Gasteiger partial charge in [0.15, 0.2) is 0 Å². The van der Waals surface area contributed by atoms with E-state index in [2.05, 4.69) is 5.32 Å². The molecule has 1 saturated heterocycles. The minimum absolute atomic E-state index is 0.0760. The number of hydrogen-bond acceptors (Lipinski definition) is 3. The highest BCUT2D eigenvalue weighted by molar-refractivity contribution is 6.05. The van der Waals surface area contributed by atoms with Crippen LogP contribution in [0, 0.1) is 0 Å². The van der Waals surface area contributed by atoms with E-state index in [9.17, 15) is 14.4 Å². The highest BCUT2D eigenvalue weighted by Gasteiger charge is 2.37. The van der Waals surface area contributed by atoms with Crippen LogP contribution in [-0.2, 0) is 14.4 Å². The first-order valence-corrected chi connectivity index (χ1v) is 7.06. The van der Waals surface area contributed by atoms with Crippen LogP contribution in [0.15, 0.2) is 24.3 Å². The molecule has 0 aromatic heterocycles. The van der Waals surface area contributed by atoms with Gasteiger partial charge in [0.1, 0.15) is 6.04 Å². The Morgan fingerprint density at radius 1 is 1.33 bits per heavy atom. The minimum atomic E-state index is -0.530. The Balaban J connectivity index is 1.76. The largest absolute Gasteiger partial charge is 0.368 e. The Morgan fingerprint density at radius 2 is 2.10 bits per heavy atom. The minimum Gasteiger partial charge on any atom is -0.368 e. The molecule has 21 heavy (non-hydrogen) atoms. The lowest BCUT2D eigenvalue weighted by atomic mass is 9.96. The van der Waals surface area contributed by atoms with Gasteiger partial charge < -0.3 is 16.0 Å². The molecule has 1 aromatic carbocycles. The summed E-state index contributed by atoms with van der Waals surface area (Å²) in [5.74, 6) is -1.31. The van der Waals surface area contributed by atoms with E-state index in [4.69, 9.17) is 5.73 Å². The topological polar surface area (TPSA) is 92.5 Å². The molecule has 2 heterocycles. The number of carbonyl (C=O) groups excluding carboxylic acids is 3. The summed E-state index contributed by atoms with van der Waals surface area (Å²) in [6, 6.07) is 6.82. The molecule has 2 atom stereocenters. The highest BCUT2D eigenvalue weighted by Crippen LogP contribution is 2.35. The van der Waals surface area contributed by atoms with Crippen LogP contribution < -0.4 is 11.1 Å². The van der Waals surface area contributed by atoms with Crippen molar-refractivity contribution in [3.63, 3.8) is 0 Å². The zero-order chi connectivity index (χ0) is 15.0. The van der Waals surface area contributed by atoms with Gasteiger partial charge in [-0.05, 0) is 24.5 Å². The SMILES string of the molecule is NC(=O)C1CCCN1C(=O)CC1C(=O)Nc2ccccc21. The van der Waals surface area contributed by atoms with Crippen LogP contribution in [0.3, 0.4) is 0 Å². The number of nitrogens with zero attached hydrogens (tertiary/aromatic N) is 1. The maximum absolute atomic E-state index is 12.4. The molecule has 1 aromatic rings. The fourth-order valence-electron chi connectivity index (χ4n) is 3.13. The lowest BCUT2D eigenvalue weighted by Gasteiger charge is -2.23. The molecule has 3 N–H and O–H groups in total.